The topological polar surface area (TPSA) is 90.8 Å². The van der Waals surface area contributed by atoms with Crippen molar-refractivity contribution in [3.05, 3.63) is 59.7 Å². The first-order chi connectivity index (χ1) is 12.0. The summed E-state index contributed by atoms with van der Waals surface area (Å²) in [6.45, 7) is 1.70. The number of hydrogen-bond acceptors (Lipinski definition) is 4. The molecule has 0 heterocycles. The molecule has 2 aromatic rings. The summed E-state index contributed by atoms with van der Waals surface area (Å²) in [5.41, 5.74) is 4.62. The van der Waals surface area contributed by atoms with Gasteiger partial charge in [-0.25, -0.2) is 5.43 Å². The first-order valence-corrected chi connectivity index (χ1v) is 8.08. The van der Waals surface area contributed by atoms with E-state index in [2.05, 4.69) is 15.8 Å². The number of hydrazone groups is 1. The molecule has 0 radical (unpaired) electrons. The van der Waals surface area contributed by atoms with Gasteiger partial charge in [0.1, 0.15) is 5.75 Å². The maximum absolute atomic E-state index is 12.1. The monoisotopic (exact) mass is 337 g/mol. The van der Waals surface area contributed by atoms with Gasteiger partial charge in [-0.05, 0) is 56.2 Å². The zero-order valence-electron chi connectivity index (χ0n) is 13.8. The summed E-state index contributed by atoms with van der Waals surface area (Å²) < 4.78 is 0. The molecule has 1 fully saturated rings. The number of phenols is 1. The summed E-state index contributed by atoms with van der Waals surface area (Å²) in [5, 5.41) is 16.6. The molecule has 25 heavy (non-hydrogen) atoms. The maximum atomic E-state index is 12.1. The van der Waals surface area contributed by atoms with Crippen molar-refractivity contribution in [3.8, 4) is 5.75 Å². The third kappa shape index (κ3) is 4.23. The molecule has 3 N–H and O–H groups in total. The van der Waals surface area contributed by atoms with Crippen molar-refractivity contribution >= 4 is 23.2 Å². The number of carbonyl (C=O) groups is 2. The van der Waals surface area contributed by atoms with Crippen LogP contribution in [0.1, 0.15) is 35.7 Å². The van der Waals surface area contributed by atoms with Gasteiger partial charge in [0.2, 0.25) is 5.91 Å². The Morgan fingerprint density at radius 3 is 2.40 bits per heavy atom. The highest BCUT2D eigenvalue weighted by atomic mass is 16.3. The van der Waals surface area contributed by atoms with E-state index in [1.807, 2.05) is 0 Å². The van der Waals surface area contributed by atoms with Gasteiger partial charge in [0.15, 0.2) is 0 Å². The Morgan fingerprint density at radius 1 is 1.08 bits per heavy atom. The summed E-state index contributed by atoms with van der Waals surface area (Å²) in [6.07, 6.45) is 1.89. The van der Waals surface area contributed by atoms with Crippen molar-refractivity contribution in [1.82, 2.24) is 5.43 Å². The van der Waals surface area contributed by atoms with Crippen molar-refractivity contribution in [2.75, 3.05) is 5.32 Å². The van der Waals surface area contributed by atoms with Crippen molar-refractivity contribution in [2.24, 2.45) is 11.0 Å². The molecule has 1 aliphatic carbocycles. The number of para-hydroxylation sites is 1. The van der Waals surface area contributed by atoms with E-state index in [1.165, 1.54) is 0 Å². The molecule has 0 atom stereocenters. The molecule has 2 amide bonds. The van der Waals surface area contributed by atoms with Gasteiger partial charge in [0.05, 0.1) is 5.71 Å². The SMILES string of the molecule is CC(=NNC(=O)c1ccc(NC(=O)C2CC2)cc1)c1ccccc1O. The molecule has 0 bridgehead atoms. The van der Waals surface area contributed by atoms with Gasteiger partial charge in [-0.3, -0.25) is 9.59 Å². The molecule has 0 unspecified atom stereocenters. The lowest BCUT2D eigenvalue weighted by atomic mass is 10.1. The number of hydrogen-bond donors (Lipinski definition) is 3. The molecule has 1 saturated carbocycles. The van der Waals surface area contributed by atoms with Gasteiger partial charge < -0.3 is 10.4 Å². The smallest absolute Gasteiger partial charge is 0.271 e. The minimum absolute atomic E-state index is 0.0279. The number of rotatable bonds is 5. The Hall–Kier alpha value is -3.15. The predicted molar refractivity (Wildman–Crippen MR) is 95.6 cm³/mol. The third-order valence-electron chi connectivity index (χ3n) is 3.98. The zero-order chi connectivity index (χ0) is 17.8. The number of aromatic hydroxyl groups is 1. The largest absolute Gasteiger partial charge is 0.507 e. The second kappa shape index (κ2) is 7.17. The van der Waals surface area contributed by atoms with Gasteiger partial charge >= 0.3 is 0 Å². The van der Waals surface area contributed by atoms with Crippen LogP contribution in [0.15, 0.2) is 53.6 Å². The van der Waals surface area contributed by atoms with Crippen LogP contribution in [0.25, 0.3) is 0 Å². The van der Waals surface area contributed by atoms with Crippen molar-refractivity contribution in [1.29, 1.82) is 0 Å². The number of nitrogens with zero attached hydrogens (tertiary/aromatic N) is 1. The molecule has 6 heteroatoms. The summed E-state index contributed by atoms with van der Waals surface area (Å²) >= 11 is 0. The summed E-state index contributed by atoms with van der Waals surface area (Å²) in [6, 6.07) is 13.4. The second-order valence-corrected chi connectivity index (χ2v) is 6.00. The predicted octanol–water partition coefficient (Wildman–Crippen LogP) is 2.89. The van der Waals surface area contributed by atoms with E-state index in [9.17, 15) is 14.7 Å². The zero-order valence-corrected chi connectivity index (χ0v) is 13.8. The minimum Gasteiger partial charge on any atom is -0.507 e. The Bertz CT molecular complexity index is 824. The van der Waals surface area contributed by atoms with Gasteiger partial charge in [0.25, 0.3) is 5.91 Å². The molecule has 6 nitrogen and oxygen atoms in total. The Kier molecular flexibility index (Phi) is 4.79. The number of carbonyl (C=O) groups excluding carboxylic acids is 2. The Morgan fingerprint density at radius 2 is 1.76 bits per heavy atom. The van der Waals surface area contributed by atoms with Crippen LogP contribution in [-0.2, 0) is 4.79 Å². The van der Waals surface area contributed by atoms with E-state index >= 15 is 0 Å². The van der Waals surface area contributed by atoms with Crippen LogP contribution in [0.3, 0.4) is 0 Å². The van der Waals surface area contributed by atoms with Gasteiger partial charge in [-0.1, -0.05) is 12.1 Å². The molecule has 3 rings (SSSR count). The molecule has 0 aliphatic heterocycles. The first kappa shape index (κ1) is 16.7. The highest BCUT2D eigenvalue weighted by Gasteiger charge is 2.29. The third-order valence-corrected chi connectivity index (χ3v) is 3.98. The normalized spacial score (nSPS) is 14.0. The number of benzene rings is 2. The fourth-order valence-electron chi connectivity index (χ4n) is 2.33. The van der Waals surface area contributed by atoms with Crippen molar-refractivity contribution in [3.63, 3.8) is 0 Å². The van der Waals surface area contributed by atoms with Crippen LogP contribution in [0.2, 0.25) is 0 Å². The molecule has 0 spiro atoms. The molecule has 2 aromatic carbocycles. The van der Waals surface area contributed by atoms with Gasteiger partial charge in [0, 0.05) is 22.7 Å². The molecule has 128 valence electrons. The minimum atomic E-state index is -0.366. The van der Waals surface area contributed by atoms with E-state index in [4.69, 9.17) is 0 Å². The number of amides is 2. The highest BCUT2D eigenvalue weighted by Crippen LogP contribution is 2.30. The Balaban J connectivity index is 1.62. The second-order valence-electron chi connectivity index (χ2n) is 6.00. The van der Waals surface area contributed by atoms with Crippen molar-refractivity contribution in [2.45, 2.75) is 19.8 Å². The number of nitrogens with one attached hydrogen (secondary N) is 2. The van der Waals surface area contributed by atoms with Crippen LogP contribution >= 0.6 is 0 Å². The van der Waals surface area contributed by atoms with Gasteiger partial charge in [-0.2, -0.15) is 5.10 Å². The van der Waals surface area contributed by atoms with Crippen molar-refractivity contribution < 1.29 is 14.7 Å². The van der Waals surface area contributed by atoms with Crippen LogP contribution in [0, 0.1) is 5.92 Å². The average molecular weight is 337 g/mol. The molecular formula is C19H19N3O3. The Labute approximate surface area is 145 Å². The lowest BCUT2D eigenvalue weighted by Gasteiger charge is -2.06. The fourth-order valence-corrected chi connectivity index (χ4v) is 2.33. The quantitative estimate of drug-likeness (QED) is 0.579. The summed E-state index contributed by atoms with van der Waals surface area (Å²) in [4.78, 5) is 23.9. The summed E-state index contributed by atoms with van der Waals surface area (Å²) in [5.74, 6) is -0.0987. The molecule has 0 saturated heterocycles. The van der Waals surface area contributed by atoms with E-state index in [1.54, 1.807) is 55.5 Å². The van der Waals surface area contributed by atoms with Gasteiger partial charge in [-0.15, -0.1) is 0 Å². The summed E-state index contributed by atoms with van der Waals surface area (Å²) in [7, 11) is 0. The number of anilines is 1. The first-order valence-electron chi connectivity index (χ1n) is 8.08. The lowest BCUT2D eigenvalue weighted by Crippen LogP contribution is -2.19. The van der Waals surface area contributed by atoms with E-state index in [0.29, 0.717) is 22.5 Å². The average Bonchev–Trinajstić information content (AvgIpc) is 3.45. The molecule has 1 aliphatic rings. The van der Waals surface area contributed by atoms with E-state index < -0.39 is 0 Å². The highest BCUT2D eigenvalue weighted by molar-refractivity contribution is 6.02. The van der Waals surface area contributed by atoms with E-state index in [-0.39, 0.29) is 23.5 Å². The standard InChI is InChI=1S/C19H19N3O3/c1-12(16-4-2-3-5-17(16)23)21-22-19(25)14-8-10-15(11-9-14)20-18(24)13-6-7-13/h2-5,8-11,13,23H,6-7H2,1H3,(H,20,24)(H,22,25). The number of phenolic OH excluding ortho intramolecular Hbond substituents is 1. The van der Waals surface area contributed by atoms with Crippen LogP contribution in [0.5, 0.6) is 5.75 Å². The lowest BCUT2D eigenvalue weighted by molar-refractivity contribution is -0.117. The molecular weight excluding hydrogens is 318 g/mol. The van der Waals surface area contributed by atoms with Crippen LogP contribution in [-0.4, -0.2) is 22.6 Å². The van der Waals surface area contributed by atoms with Crippen LogP contribution < -0.4 is 10.7 Å². The molecule has 0 aromatic heterocycles. The van der Waals surface area contributed by atoms with E-state index in [0.717, 1.165) is 12.8 Å². The maximum Gasteiger partial charge on any atom is 0.271 e. The van der Waals surface area contributed by atoms with Crippen LogP contribution in [0.4, 0.5) is 5.69 Å². The fraction of sp³-hybridized carbons (Fsp3) is 0.211.